The number of halogens is 1. The van der Waals surface area contributed by atoms with E-state index < -0.39 is 7.12 Å². The Morgan fingerprint density at radius 3 is 2.71 bits per heavy atom. The van der Waals surface area contributed by atoms with Gasteiger partial charge in [-0.25, -0.2) is 0 Å². The minimum atomic E-state index is -1.50. The average Bonchev–Trinajstić information content (AvgIpc) is 2.16. The van der Waals surface area contributed by atoms with Crippen molar-refractivity contribution in [2.75, 3.05) is 0 Å². The third-order valence-corrected chi connectivity index (χ3v) is 2.25. The van der Waals surface area contributed by atoms with Gasteiger partial charge in [0, 0.05) is 16.6 Å². The van der Waals surface area contributed by atoms with Crippen molar-refractivity contribution in [3.63, 3.8) is 0 Å². The van der Waals surface area contributed by atoms with Gasteiger partial charge in [-0.2, -0.15) is 0 Å². The van der Waals surface area contributed by atoms with Crippen LogP contribution in [0.15, 0.2) is 30.5 Å². The molecule has 1 aromatic heterocycles. The van der Waals surface area contributed by atoms with E-state index in [1.54, 1.807) is 24.3 Å². The Bertz CT molecular complexity index is 475. The van der Waals surface area contributed by atoms with Crippen molar-refractivity contribution >= 4 is 35.1 Å². The van der Waals surface area contributed by atoms with E-state index >= 15 is 0 Å². The third kappa shape index (κ3) is 1.59. The Labute approximate surface area is 86.1 Å². The molecule has 5 heteroatoms. The lowest BCUT2D eigenvalue weighted by Crippen LogP contribution is -2.30. The van der Waals surface area contributed by atoms with Gasteiger partial charge in [-0.3, -0.25) is 4.98 Å². The fourth-order valence-electron chi connectivity index (χ4n) is 1.36. The lowest BCUT2D eigenvalue weighted by molar-refractivity contribution is 0.426. The molecule has 0 amide bonds. The van der Waals surface area contributed by atoms with Gasteiger partial charge < -0.3 is 10.0 Å². The Morgan fingerprint density at radius 1 is 1.21 bits per heavy atom. The van der Waals surface area contributed by atoms with Crippen LogP contribution in [-0.4, -0.2) is 22.2 Å². The summed E-state index contributed by atoms with van der Waals surface area (Å²) in [7, 11) is -1.50. The summed E-state index contributed by atoms with van der Waals surface area (Å²) < 4.78 is 0. The second kappa shape index (κ2) is 3.57. The summed E-state index contributed by atoms with van der Waals surface area (Å²) in [5, 5.41) is 19.4. The van der Waals surface area contributed by atoms with E-state index in [1.165, 1.54) is 6.20 Å². The molecule has 0 bridgehead atoms. The molecule has 0 atom stereocenters. The van der Waals surface area contributed by atoms with Crippen molar-refractivity contribution in [2.24, 2.45) is 0 Å². The number of aromatic nitrogens is 1. The molecule has 2 N–H and O–H groups in total. The number of pyridine rings is 1. The lowest BCUT2D eigenvalue weighted by Gasteiger charge is -2.04. The minimum Gasteiger partial charge on any atom is -0.423 e. The molecule has 3 nitrogen and oxygen atoms in total. The Kier molecular flexibility index (Phi) is 2.41. The molecule has 2 aromatic rings. The number of benzene rings is 1. The molecule has 0 saturated carbocycles. The molecule has 0 unspecified atom stereocenters. The molecule has 1 heterocycles. The molecule has 2 rings (SSSR count). The van der Waals surface area contributed by atoms with Gasteiger partial charge in [0.15, 0.2) is 0 Å². The summed E-state index contributed by atoms with van der Waals surface area (Å²) in [6.07, 6.45) is 1.53. The molecule has 0 saturated heterocycles. The first kappa shape index (κ1) is 9.46. The molecule has 0 spiro atoms. The lowest BCUT2D eigenvalue weighted by atomic mass is 9.78. The quantitative estimate of drug-likeness (QED) is 0.672. The van der Waals surface area contributed by atoms with Crippen LogP contribution in [0.4, 0.5) is 0 Å². The van der Waals surface area contributed by atoms with Gasteiger partial charge in [0.1, 0.15) is 0 Å². The van der Waals surface area contributed by atoms with Gasteiger partial charge in [-0.1, -0.05) is 11.6 Å². The highest BCUT2D eigenvalue weighted by Gasteiger charge is 2.14. The second-order valence-electron chi connectivity index (χ2n) is 2.94. The maximum absolute atomic E-state index is 9.10. The van der Waals surface area contributed by atoms with Crippen LogP contribution in [0.5, 0.6) is 0 Å². The Balaban J connectivity index is 2.77. The summed E-state index contributed by atoms with van der Waals surface area (Å²) in [4.78, 5) is 4.08. The zero-order valence-electron chi connectivity index (χ0n) is 7.18. The molecule has 70 valence electrons. The van der Waals surface area contributed by atoms with Crippen molar-refractivity contribution in [3.05, 3.63) is 35.5 Å². The summed E-state index contributed by atoms with van der Waals surface area (Å²) in [5.41, 5.74) is 1.11. The summed E-state index contributed by atoms with van der Waals surface area (Å²) in [6.45, 7) is 0. The summed E-state index contributed by atoms with van der Waals surface area (Å²) >= 11 is 5.80. The van der Waals surface area contributed by atoms with Gasteiger partial charge in [-0.05, 0) is 29.7 Å². The van der Waals surface area contributed by atoms with Gasteiger partial charge in [0.2, 0.25) is 0 Å². The van der Waals surface area contributed by atoms with Gasteiger partial charge in [0.25, 0.3) is 0 Å². The van der Waals surface area contributed by atoms with Crippen LogP contribution in [0, 0.1) is 0 Å². The fourth-order valence-corrected chi connectivity index (χ4v) is 1.54. The molecule has 0 aliphatic carbocycles. The zero-order valence-corrected chi connectivity index (χ0v) is 7.94. The first-order valence-electron chi connectivity index (χ1n) is 4.09. The van der Waals surface area contributed by atoms with E-state index in [0.717, 1.165) is 0 Å². The monoisotopic (exact) mass is 207 g/mol. The average molecular weight is 207 g/mol. The number of nitrogens with zero attached hydrogens (tertiary/aromatic N) is 1. The molecule has 0 aliphatic rings. The van der Waals surface area contributed by atoms with Crippen LogP contribution < -0.4 is 5.46 Å². The number of rotatable bonds is 1. The van der Waals surface area contributed by atoms with E-state index in [2.05, 4.69) is 4.98 Å². The molecular weight excluding hydrogens is 200 g/mol. The second-order valence-corrected chi connectivity index (χ2v) is 3.37. The SMILES string of the molecule is OB(O)c1ccnc2ccc(Cl)cc12. The van der Waals surface area contributed by atoms with Crippen LogP contribution in [0.1, 0.15) is 0 Å². The highest BCUT2D eigenvalue weighted by atomic mass is 35.5. The molecule has 0 aliphatic heterocycles. The van der Waals surface area contributed by atoms with Crippen LogP contribution >= 0.6 is 11.6 Å². The van der Waals surface area contributed by atoms with Crippen LogP contribution in [0.25, 0.3) is 10.9 Å². The number of hydrogen-bond donors (Lipinski definition) is 2. The van der Waals surface area contributed by atoms with E-state index in [-0.39, 0.29) is 0 Å². The predicted octanol–water partition coefficient (Wildman–Crippen LogP) is 0.568. The van der Waals surface area contributed by atoms with Gasteiger partial charge in [0.05, 0.1) is 5.52 Å². The normalized spacial score (nSPS) is 10.5. The van der Waals surface area contributed by atoms with Gasteiger partial charge >= 0.3 is 7.12 Å². The minimum absolute atomic E-state index is 0.414. The highest BCUT2D eigenvalue weighted by Crippen LogP contribution is 2.15. The largest absolute Gasteiger partial charge is 0.489 e. The third-order valence-electron chi connectivity index (χ3n) is 2.02. The highest BCUT2D eigenvalue weighted by molar-refractivity contribution is 6.62. The van der Waals surface area contributed by atoms with Gasteiger partial charge in [-0.15, -0.1) is 0 Å². The maximum Gasteiger partial charge on any atom is 0.489 e. The maximum atomic E-state index is 9.10. The van der Waals surface area contributed by atoms with Crippen LogP contribution in [0.2, 0.25) is 5.02 Å². The first-order valence-corrected chi connectivity index (χ1v) is 4.46. The van der Waals surface area contributed by atoms with E-state index in [1.807, 2.05) is 0 Å². The Morgan fingerprint density at radius 2 is 2.00 bits per heavy atom. The Hall–Kier alpha value is -1.10. The molecule has 0 radical (unpaired) electrons. The van der Waals surface area contributed by atoms with Crippen LogP contribution in [0.3, 0.4) is 0 Å². The zero-order chi connectivity index (χ0) is 10.1. The number of fused-ring (bicyclic) bond motifs is 1. The summed E-state index contributed by atoms with van der Waals surface area (Å²) in [5.74, 6) is 0. The molecule has 1 aromatic carbocycles. The van der Waals surface area contributed by atoms with Crippen molar-refractivity contribution in [1.29, 1.82) is 0 Å². The molecule has 0 fully saturated rings. The van der Waals surface area contributed by atoms with E-state index in [4.69, 9.17) is 21.6 Å². The van der Waals surface area contributed by atoms with Crippen molar-refractivity contribution in [3.8, 4) is 0 Å². The summed E-state index contributed by atoms with van der Waals surface area (Å²) in [6, 6.07) is 6.68. The topological polar surface area (TPSA) is 53.4 Å². The first-order chi connectivity index (χ1) is 6.68. The smallest absolute Gasteiger partial charge is 0.423 e. The van der Waals surface area contributed by atoms with Crippen molar-refractivity contribution in [2.45, 2.75) is 0 Å². The van der Waals surface area contributed by atoms with E-state index in [0.29, 0.717) is 21.4 Å². The standard InChI is InChI=1S/C9H7BClNO2/c11-6-1-2-9-7(5-6)8(10(13)14)3-4-12-9/h1-5,13-14H. The van der Waals surface area contributed by atoms with Crippen LogP contribution in [-0.2, 0) is 0 Å². The fraction of sp³-hybridized carbons (Fsp3) is 0. The van der Waals surface area contributed by atoms with E-state index in [9.17, 15) is 0 Å². The van der Waals surface area contributed by atoms with Crippen molar-refractivity contribution in [1.82, 2.24) is 4.98 Å². The number of hydrogen-bond acceptors (Lipinski definition) is 3. The molecule has 14 heavy (non-hydrogen) atoms. The van der Waals surface area contributed by atoms with Crippen molar-refractivity contribution < 1.29 is 10.0 Å². The molecular formula is C9H7BClNO2. The predicted molar refractivity (Wildman–Crippen MR) is 56.6 cm³/mol.